The van der Waals surface area contributed by atoms with Gasteiger partial charge in [-0.25, -0.2) is 0 Å². The van der Waals surface area contributed by atoms with Gasteiger partial charge in [0.05, 0.1) is 31.5 Å². The Balaban J connectivity index is 1.75. The average molecular weight is 490 g/mol. The lowest BCUT2D eigenvalue weighted by molar-refractivity contribution is -0.211. The number of ether oxygens (including phenoxy) is 3. The second-order valence-corrected chi connectivity index (χ2v) is 11.0. The van der Waals surface area contributed by atoms with Crippen molar-refractivity contribution in [3.05, 3.63) is 24.2 Å². The van der Waals surface area contributed by atoms with Crippen LogP contribution in [0.4, 0.5) is 0 Å². The number of likely N-dealkylation sites (N-methyl/N-ethyl adjacent to an activating group) is 1. The molecule has 1 unspecified atom stereocenters. The van der Waals surface area contributed by atoms with E-state index in [-0.39, 0.29) is 18.2 Å². The minimum atomic E-state index is -1.09. The number of hydrogen-bond donors (Lipinski definition) is 0. The fourth-order valence-electron chi connectivity index (χ4n) is 6.71. The molecule has 2 saturated carbocycles. The summed E-state index contributed by atoms with van der Waals surface area (Å²) in [6.07, 6.45) is 2.87. The monoisotopic (exact) mass is 489 g/mol. The molecular weight excluding hydrogens is 454 g/mol. The number of hydrogen-bond acceptors (Lipinski definition) is 9. The molecule has 9 heteroatoms. The van der Waals surface area contributed by atoms with Gasteiger partial charge < -0.3 is 18.6 Å². The summed E-state index contributed by atoms with van der Waals surface area (Å²) in [7, 11) is 4.82. The van der Waals surface area contributed by atoms with Crippen molar-refractivity contribution in [2.24, 2.45) is 28.6 Å². The third-order valence-electron chi connectivity index (χ3n) is 8.88. The average Bonchev–Trinajstić information content (AvgIpc) is 3.34. The first-order valence-electron chi connectivity index (χ1n) is 12.1. The predicted molar refractivity (Wildman–Crippen MR) is 123 cm³/mol. The molecule has 8 atom stereocenters. The summed E-state index contributed by atoms with van der Waals surface area (Å²) in [4.78, 5) is 54.8. The van der Waals surface area contributed by atoms with Gasteiger partial charge in [0, 0.05) is 17.9 Å². The molecule has 35 heavy (non-hydrogen) atoms. The molecule has 1 aromatic heterocycles. The second-order valence-electron chi connectivity index (χ2n) is 11.0. The van der Waals surface area contributed by atoms with Crippen LogP contribution in [0.15, 0.2) is 23.0 Å². The van der Waals surface area contributed by atoms with Gasteiger partial charge in [0.1, 0.15) is 12.1 Å². The molecular formula is C26H35NO8. The molecule has 0 amide bonds. The minimum absolute atomic E-state index is 0.0702. The van der Waals surface area contributed by atoms with Crippen molar-refractivity contribution < 1.29 is 37.8 Å². The van der Waals surface area contributed by atoms with Gasteiger partial charge in [-0.1, -0.05) is 13.8 Å². The van der Waals surface area contributed by atoms with Gasteiger partial charge in [-0.2, -0.15) is 0 Å². The Bertz CT molecular complexity index is 1000. The maximum absolute atomic E-state index is 14.1. The molecule has 0 spiro atoms. The van der Waals surface area contributed by atoms with Crippen LogP contribution in [-0.2, 0) is 33.4 Å². The Kier molecular flexibility index (Phi) is 6.59. The standard InChI is InChI=1S/C26H35NO8/c1-14(27(4)5)22(29)34-18-11-17(23(30)32-6)25(2)9-7-16-24(31)35-19(15-8-10-33-13-15)12-26(16,3)21(25)20(18)28/h8,10,13-14,16-19,21H,7,9,11-12H2,1-6H3/t14-,16-,17-,18-,19-,21?,25-,26-/m0/s1. The second kappa shape index (κ2) is 9.08. The maximum Gasteiger partial charge on any atom is 0.323 e. The summed E-state index contributed by atoms with van der Waals surface area (Å²) in [6, 6.07) is 1.19. The molecule has 1 saturated heterocycles. The number of methoxy groups -OCH3 is 1. The molecule has 9 nitrogen and oxygen atoms in total. The summed E-state index contributed by atoms with van der Waals surface area (Å²) in [5.74, 6) is -3.39. The Hall–Kier alpha value is -2.68. The zero-order chi connectivity index (χ0) is 25.7. The molecule has 2 heterocycles. The zero-order valence-corrected chi connectivity index (χ0v) is 21.2. The van der Waals surface area contributed by atoms with Crippen LogP contribution in [0.1, 0.15) is 58.1 Å². The number of rotatable bonds is 5. The first-order valence-corrected chi connectivity index (χ1v) is 12.1. The predicted octanol–water partition coefficient (Wildman–Crippen LogP) is 2.93. The van der Waals surface area contributed by atoms with E-state index < -0.39 is 58.8 Å². The molecule has 0 radical (unpaired) electrons. The summed E-state index contributed by atoms with van der Waals surface area (Å²) in [5.41, 5.74) is -0.823. The van der Waals surface area contributed by atoms with Crippen molar-refractivity contribution in [2.75, 3.05) is 21.2 Å². The largest absolute Gasteiger partial charge is 0.472 e. The molecule has 3 fully saturated rings. The number of carbonyl (C=O) groups excluding carboxylic acids is 4. The summed E-state index contributed by atoms with van der Waals surface area (Å²) in [6.45, 7) is 5.57. The summed E-state index contributed by atoms with van der Waals surface area (Å²) < 4.78 is 21.8. The first-order chi connectivity index (χ1) is 16.4. The van der Waals surface area contributed by atoms with Crippen LogP contribution in [0.3, 0.4) is 0 Å². The third-order valence-corrected chi connectivity index (χ3v) is 8.88. The normalized spacial score (nSPS) is 37.6. The first kappa shape index (κ1) is 25.4. The Morgan fingerprint density at radius 1 is 1.20 bits per heavy atom. The number of esters is 3. The summed E-state index contributed by atoms with van der Waals surface area (Å²) in [5, 5.41) is 0. The fraction of sp³-hybridized carbons (Fsp3) is 0.692. The van der Waals surface area contributed by atoms with E-state index in [9.17, 15) is 19.2 Å². The molecule has 1 aromatic rings. The minimum Gasteiger partial charge on any atom is -0.472 e. The topological polar surface area (TPSA) is 112 Å². The number of ketones is 1. The van der Waals surface area contributed by atoms with Gasteiger partial charge in [-0.3, -0.25) is 24.1 Å². The molecule has 4 rings (SSSR count). The van der Waals surface area contributed by atoms with E-state index in [0.717, 1.165) is 5.56 Å². The lowest BCUT2D eigenvalue weighted by Gasteiger charge is -2.61. The molecule has 3 aliphatic rings. The van der Waals surface area contributed by atoms with Crippen LogP contribution in [0.2, 0.25) is 0 Å². The zero-order valence-electron chi connectivity index (χ0n) is 21.2. The van der Waals surface area contributed by atoms with E-state index in [1.165, 1.54) is 19.6 Å². The van der Waals surface area contributed by atoms with E-state index in [0.29, 0.717) is 19.3 Å². The van der Waals surface area contributed by atoms with Crippen LogP contribution in [0.5, 0.6) is 0 Å². The van der Waals surface area contributed by atoms with Crippen LogP contribution >= 0.6 is 0 Å². The van der Waals surface area contributed by atoms with Crippen LogP contribution in [0.25, 0.3) is 0 Å². The number of Topliss-reactive ketones (excluding diaryl/α,β-unsaturated/α-hetero) is 1. The van der Waals surface area contributed by atoms with Crippen molar-refractivity contribution in [3.63, 3.8) is 0 Å². The van der Waals surface area contributed by atoms with Crippen LogP contribution in [-0.4, -0.2) is 61.9 Å². The molecule has 0 bridgehead atoms. The quantitative estimate of drug-likeness (QED) is 0.455. The Labute approximate surface area is 205 Å². The third kappa shape index (κ3) is 4.07. The number of furan rings is 1. The van der Waals surface area contributed by atoms with Crippen molar-refractivity contribution in [1.29, 1.82) is 0 Å². The van der Waals surface area contributed by atoms with Crippen LogP contribution in [0, 0.1) is 28.6 Å². The molecule has 1 aliphatic heterocycles. The smallest absolute Gasteiger partial charge is 0.323 e. The molecule has 2 aliphatic carbocycles. The molecule has 0 N–H and O–H groups in total. The number of nitrogens with zero attached hydrogens (tertiary/aromatic N) is 1. The van der Waals surface area contributed by atoms with Gasteiger partial charge in [0.25, 0.3) is 0 Å². The van der Waals surface area contributed by atoms with Gasteiger partial charge >= 0.3 is 17.9 Å². The molecule has 192 valence electrons. The summed E-state index contributed by atoms with van der Waals surface area (Å²) >= 11 is 0. The van der Waals surface area contributed by atoms with E-state index in [1.54, 1.807) is 32.0 Å². The van der Waals surface area contributed by atoms with Crippen molar-refractivity contribution >= 4 is 23.7 Å². The van der Waals surface area contributed by atoms with E-state index in [2.05, 4.69) is 0 Å². The number of cyclic esters (lactones) is 1. The van der Waals surface area contributed by atoms with Crippen molar-refractivity contribution in [2.45, 2.75) is 64.7 Å². The van der Waals surface area contributed by atoms with Gasteiger partial charge in [-0.05, 0) is 57.2 Å². The fourth-order valence-corrected chi connectivity index (χ4v) is 6.71. The van der Waals surface area contributed by atoms with Gasteiger partial charge in [-0.15, -0.1) is 0 Å². The SMILES string of the molecule is COC(=O)[C@@H]1C[C@H](OC(=O)[C@H](C)N(C)C)C(=O)C2[C@@]1(C)CC[C@H]1C(=O)O[C@H](c3ccoc3)C[C@]21C. The molecule has 0 aromatic carbocycles. The lowest BCUT2D eigenvalue weighted by atomic mass is 9.43. The van der Waals surface area contributed by atoms with Crippen LogP contribution < -0.4 is 0 Å². The van der Waals surface area contributed by atoms with E-state index in [1.807, 2.05) is 13.8 Å². The van der Waals surface area contributed by atoms with E-state index >= 15 is 0 Å². The van der Waals surface area contributed by atoms with Crippen molar-refractivity contribution in [3.8, 4) is 0 Å². The van der Waals surface area contributed by atoms with Gasteiger partial charge in [0.15, 0.2) is 11.9 Å². The highest BCUT2D eigenvalue weighted by molar-refractivity contribution is 5.93. The lowest BCUT2D eigenvalue weighted by Crippen LogP contribution is -2.65. The van der Waals surface area contributed by atoms with Gasteiger partial charge in [0.2, 0.25) is 0 Å². The highest BCUT2D eigenvalue weighted by Gasteiger charge is 2.67. The highest BCUT2D eigenvalue weighted by atomic mass is 16.6. The Morgan fingerprint density at radius 2 is 1.91 bits per heavy atom. The Morgan fingerprint density at radius 3 is 2.51 bits per heavy atom. The number of carbonyl (C=O) groups is 4. The number of fused-ring (bicyclic) bond motifs is 3. The maximum atomic E-state index is 14.1. The van der Waals surface area contributed by atoms with Crippen molar-refractivity contribution in [1.82, 2.24) is 4.90 Å². The highest BCUT2D eigenvalue weighted by Crippen LogP contribution is 2.65. The van der Waals surface area contributed by atoms with E-state index in [4.69, 9.17) is 18.6 Å².